The van der Waals surface area contributed by atoms with Crippen LogP contribution in [0.1, 0.15) is 37.7 Å². The summed E-state index contributed by atoms with van der Waals surface area (Å²) in [5, 5.41) is 8.97. The quantitative estimate of drug-likeness (QED) is 0.776. The minimum Gasteiger partial charge on any atom is -0.462 e. The van der Waals surface area contributed by atoms with Crippen LogP contribution in [0.2, 0.25) is 0 Å². The van der Waals surface area contributed by atoms with Crippen LogP contribution in [0.4, 0.5) is 0 Å². The van der Waals surface area contributed by atoms with Crippen molar-refractivity contribution in [3.05, 3.63) is 24.2 Å². The molecule has 0 spiro atoms. The molecule has 0 aliphatic carbocycles. The fourth-order valence-electron chi connectivity index (χ4n) is 0.968. The molecule has 4 heteroatoms. The van der Waals surface area contributed by atoms with Gasteiger partial charge in [0, 0.05) is 6.42 Å². The molecular weight excluding hydrogens is 196 g/mol. The van der Waals surface area contributed by atoms with Gasteiger partial charge in [-0.3, -0.25) is 9.59 Å². The Balaban J connectivity index is 0.000000262. The van der Waals surface area contributed by atoms with Crippen molar-refractivity contribution in [2.45, 2.75) is 32.8 Å². The normalized spacial score (nSPS) is 10.1. The Labute approximate surface area is 88.9 Å². The maximum absolute atomic E-state index is 10.3. The van der Waals surface area contributed by atoms with E-state index in [2.05, 4.69) is 4.42 Å². The Morgan fingerprint density at radius 1 is 1.60 bits per heavy atom. The first kappa shape index (κ1) is 13.6. The summed E-state index contributed by atoms with van der Waals surface area (Å²) >= 11 is 0. The third-order valence-corrected chi connectivity index (χ3v) is 1.34. The largest absolute Gasteiger partial charge is 0.462 e. The van der Waals surface area contributed by atoms with Crippen molar-refractivity contribution in [2.75, 3.05) is 0 Å². The fraction of sp³-hybridized carbons (Fsp3) is 0.455. The summed E-state index contributed by atoms with van der Waals surface area (Å²) in [5.74, 6) is 0.400. The molecule has 1 aromatic rings. The maximum atomic E-state index is 10.3. The highest BCUT2D eigenvalue weighted by Crippen LogP contribution is 2.06. The van der Waals surface area contributed by atoms with Crippen molar-refractivity contribution < 1.29 is 19.1 Å². The Morgan fingerprint density at radius 2 is 2.20 bits per heavy atom. The second kappa shape index (κ2) is 6.14. The van der Waals surface area contributed by atoms with Gasteiger partial charge in [-0.1, -0.05) is 0 Å². The van der Waals surface area contributed by atoms with Crippen LogP contribution in [-0.4, -0.2) is 22.8 Å². The summed E-state index contributed by atoms with van der Waals surface area (Å²) < 4.78 is 4.61. The van der Waals surface area contributed by atoms with Crippen molar-refractivity contribution >= 4 is 12.1 Å². The van der Waals surface area contributed by atoms with Gasteiger partial charge in [-0.2, -0.15) is 0 Å². The van der Waals surface area contributed by atoms with E-state index in [9.17, 15) is 9.59 Å². The van der Waals surface area contributed by atoms with Gasteiger partial charge in [-0.25, -0.2) is 0 Å². The molecule has 84 valence electrons. The first-order valence-electron chi connectivity index (χ1n) is 4.55. The molecule has 0 radical (unpaired) electrons. The molecular formula is C11H16O4. The van der Waals surface area contributed by atoms with Gasteiger partial charge in [0.15, 0.2) is 12.0 Å². The smallest absolute Gasteiger partial charge is 0.185 e. The number of aliphatic hydroxyl groups is 1. The summed E-state index contributed by atoms with van der Waals surface area (Å²) in [6.45, 7) is 4.71. The third kappa shape index (κ3) is 8.90. The first-order valence-corrected chi connectivity index (χ1v) is 4.55. The van der Waals surface area contributed by atoms with E-state index in [0.717, 1.165) is 0 Å². The lowest BCUT2D eigenvalue weighted by Gasteiger charge is -2.13. The molecule has 0 amide bonds. The highest BCUT2D eigenvalue weighted by Gasteiger charge is 2.13. The first-order chi connectivity index (χ1) is 6.85. The van der Waals surface area contributed by atoms with E-state index in [1.165, 1.54) is 13.2 Å². The summed E-state index contributed by atoms with van der Waals surface area (Å²) in [4.78, 5) is 20.1. The Morgan fingerprint density at radius 3 is 2.33 bits per heavy atom. The van der Waals surface area contributed by atoms with Gasteiger partial charge in [0.05, 0.1) is 11.9 Å². The molecule has 0 aliphatic heterocycles. The van der Waals surface area contributed by atoms with Crippen LogP contribution in [0.25, 0.3) is 0 Å². The van der Waals surface area contributed by atoms with Gasteiger partial charge < -0.3 is 9.52 Å². The van der Waals surface area contributed by atoms with E-state index in [4.69, 9.17) is 5.11 Å². The maximum Gasteiger partial charge on any atom is 0.185 e. The van der Waals surface area contributed by atoms with Gasteiger partial charge in [0.1, 0.15) is 5.78 Å². The molecule has 15 heavy (non-hydrogen) atoms. The lowest BCUT2D eigenvalue weighted by molar-refractivity contribution is -0.120. The number of hydrogen-bond acceptors (Lipinski definition) is 4. The zero-order chi connectivity index (χ0) is 11.9. The molecule has 1 N–H and O–H groups in total. The SMILES string of the molecule is CC(=O)CC(C)(C)O.O=Cc1ccco1. The molecule has 0 atom stereocenters. The lowest BCUT2D eigenvalue weighted by atomic mass is 10.0. The third-order valence-electron chi connectivity index (χ3n) is 1.34. The molecule has 1 aromatic heterocycles. The molecule has 0 aromatic carbocycles. The van der Waals surface area contributed by atoms with Crippen LogP contribution < -0.4 is 0 Å². The van der Waals surface area contributed by atoms with Crippen molar-refractivity contribution in [3.63, 3.8) is 0 Å². The minimum absolute atomic E-state index is 0.0255. The zero-order valence-electron chi connectivity index (χ0n) is 9.19. The van der Waals surface area contributed by atoms with Crippen LogP contribution >= 0.6 is 0 Å². The topological polar surface area (TPSA) is 67.5 Å². The lowest BCUT2D eigenvalue weighted by Crippen LogP contribution is -2.21. The van der Waals surface area contributed by atoms with Gasteiger partial charge in [-0.15, -0.1) is 0 Å². The van der Waals surface area contributed by atoms with E-state index in [0.29, 0.717) is 12.0 Å². The number of aldehydes is 1. The monoisotopic (exact) mass is 212 g/mol. The molecule has 0 saturated heterocycles. The van der Waals surface area contributed by atoms with Crippen molar-refractivity contribution in [2.24, 2.45) is 0 Å². The van der Waals surface area contributed by atoms with E-state index in [1.54, 1.807) is 26.0 Å². The number of furan rings is 1. The van der Waals surface area contributed by atoms with E-state index < -0.39 is 5.60 Å². The molecule has 0 saturated carbocycles. The number of carbonyl (C=O) groups excluding carboxylic acids is 2. The van der Waals surface area contributed by atoms with Crippen LogP contribution in [-0.2, 0) is 4.79 Å². The zero-order valence-corrected chi connectivity index (χ0v) is 9.19. The average molecular weight is 212 g/mol. The number of carbonyl (C=O) groups is 2. The number of ketones is 1. The summed E-state index contributed by atoms with van der Waals surface area (Å²) in [5.41, 5.74) is -0.828. The summed E-state index contributed by atoms with van der Waals surface area (Å²) in [6, 6.07) is 3.27. The summed E-state index contributed by atoms with van der Waals surface area (Å²) in [6.07, 6.45) is 2.37. The van der Waals surface area contributed by atoms with E-state index in [-0.39, 0.29) is 12.2 Å². The van der Waals surface area contributed by atoms with Crippen LogP contribution in [0.5, 0.6) is 0 Å². The Bertz CT molecular complexity index is 293. The van der Waals surface area contributed by atoms with Gasteiger partial charge in [0.2, 0.25) is 0 Å². The highest BCUT2D eigenvalue weighted by atomic mass is 16.3. The molecule has 1 heterocycles. The molecule has 4 nitrogen and oxygen atoms in total. The van der Waals surface area contributed by atoms with E-state index >= 15 is 0 Å². The summed E-state index contributed by atoms with van der Waals surface area (Å²) in [7, 11) is 0. The van der Waals surface area contributed by atoms with Gasteiger partial charge in [0.25, 0.3) is 0 Å². The minimum atomic E-state index is -0.828. The molecule has 0 unspecified atom stereocenters. The van der Waals surface area contributed by atoms with Crippen molar-refractivity contribution in [1.29, 1.82) is 0 Å². The number of Topliss-reactive ketones (excluding diaryl/α,β-unsaturated/α-hetero) is 1. The standard InChI is InChI=1S/C6H12O2.C5H4O2/c1-5(7)4-6(2,3)8;6-4-5-2-1-3-7-5/h8H,4H2,1-3H3;1-4H. The molecule has 0 fully saturated rings. The van der Waals surface area contributed by atoms with Crippen molar-refractivity contribution in [3.8, 4) is 0 Å². The van der Waals surface area contributed by atoms with Crippen molar-refractivity contribution in [1.82, 2.24) is 0 Å². The predicted octanol–water partition coefficient (Wildman–Crippen LogP) is 1.83. The van der Waals surface area contributed by atoms with Crippen LogP contribution in [0.3, 0.4) is 0 Å². The van der Waals surface area contributed by atoms with E-state index in [1.807, 2.05) is 0 Å². The Kier molecular flexibility index (Phi) is 5.56. The molecule has 1 rings (SSSR count). The average Bonchev–Trinajstić information content (AvgIpc) is 2.51. The van der Waals surface area contributed by atoms with Gasteiger partial charge in [-0.05, 0) is 32.9 Å². The van der Waals surface area contributed by atoms with Crippen LogP contribution in [0.15, 0.2) is 22.8 Å². The number of hydrogen-bond donors (Lipinski definition) is 1. The predicted molar refractivity (Wildman–Crippen MR) is 55.7 cm³/mol. The number of rotatable bonds is 3. The fourth-order valence-corrected chi connectivity index (χ4v) is 0.968. The molecule has 0 aliphatic rings. The van der Waals surface area contributed by atoms with Crippen LogP contribution in [0, 0.1) is 0 Å². The highest BCUT2D eigenvalue weighted by molar-refractivity contribution is 5.76. The second-order valence-corrected chi connectivity index (χ2v) is 3.82. The van der Waals surface area contributed by atoms with Gasteiger partial charge >= 0.3 is 0 Å². The Hall–Kier alpha value is -1.42. The molecule has 0 bridgehead atoms. The second-order valence-electron chi connectivity index (χ2n) is 3.82.